The molecule has 0 spiro atoms. The van der Waals surface area contributed by atoms with Gasteiger partial charge in [0, 0.05) is 48.1 Å². The Hall–Kier alpha value is -2.48. The number of hydrogen-bond acceptors (Lipinski definition) is 6. The predicted molar refractivity (Wildman–Crippen MR) is 98.9 cm³/mol. The highest BCUT2D eigenvalue weighted by Crippen LogP contribution is 2.37. The van der Waals surface area contributed by atoms with Crippen LogP contribution in [-0.2, 0) is 17.6 Å². The van der Waals surface area contributed by atoms with Crippen molar-refractivity contribution in [3.8, 4) is 0 Å². The van der Waals surface area contributed by atoms with E-state index in [1.807, 2.05) is 0 Å². The molecule has 27 heavy (non-hydrogen) atoms. The number of ether oxygens (including phenoxy) is 1. The summed E-state index contributed by atoms with van der Waals surface area (Å²) < 4.78 is 5.41. The summed E-state index contributed by atoms with van der Waals surface area (Å²) >= 11 is 0. The van der Waals surface area contributed by atoms with Crippen molar-refractivity contribution in [1.29, 1.82) is 0 Å². The fourth-order valence-corrected chi connectivity index (χ4v) is 4.29. The van der Waals surface area contributed by atoms with E-state index in [2.05, 4.69) is 36.4 Å². The first kappa shape index (κ1) is 16.7. The molecule has 2 aliphatic carbocycles. The van der Waals surface area contributed by atoms with Crippen LogP contribution in [0, 0.1) is 0 Å². The Balaban J connectivity index is 1.19. The van der Waals surface area contributed by atoms with Gasteiger partial charge in [0.2, 0.25) is 0 Å². The molecule has 8 nitrogen and oxygen atoms in total. The second kappa shape index (κ2) is 6.92. The number of hydrogen-bond donors (Lipinski definition) is 2. The molecule has 2 aromatic heterocycles. The molecule has 2 fully saturated rings. The summed E-state index contributed by atoms with van der Waals surface area (Å²) in [6.45, 7) is 3.23. The van der Waals surface area contributed by atoms with Crippen molar-refractivity contribution in [3.63, 3.8) is 0 Å². The van der Waals surface area contributed by atoms with Crippen molar-refractivity contribution in [2.75, 3.05) is 31.2 Å². The lowest BCUT2D eigenvalue weighted by Crippen LogP contribution is -2.44. The number of aromatic nitrogens is 4. The summed E-state index contributed by atoms with van der Waals surface area (Å²) in [6, 6.07) is 2.28. The number of fused-ring (bicyclic) bond motifs is 1. The molecule has 5 rings (SSSR count). The van der Waals surface area contributed by atoms with Crippen LogP contribution in [0.3, 0.4) is 0 Å². The first-order valence-electron chi connectivity index (χ1n) is 9.79. The first-order chi connectivity index (χ1) is 13.3. The second-order valence-electron chi connectivity index (χ2n) is 7.62. The number of aromatic amines is 1. The molecule has 2 aromatic rings. The van der Waals surface area contributed by atoms with Gasteiger partial charge in [-0.1, -0.05) is 0 Å². The van der Waals surface area contributed by atoms with E-state index in [1.165, 1.54) is 0 Å². The highest BCUT2D eigenvalue weighted by Gasteiger charge is 2.34. The summed E-state index contributed by atoms with van der Waals surface area (Å²) in [5.74, 6) is 1.31. The highest BCUT2D eigenvalue weighted by atomic mass is 16.5. The van der Waals surface area contributed by atoms with Crippen molar-refractivity contribution in [2.45, 2.75) is 44.1 Å². The van der Waals surface area contributed by atoms with Gasteiger partial charge in [0.05, 0.1) is 13.2 Å². The lowest BCUT2D eigenvalue weighted by molar-refractivity contribution is 0.0902. The molecule has 1 amide bonds. The fourth-order valence-electron chi connectivity index (χ4n) is 4.29. The standard InChI is InChI=1S/C19H24N6O2/c26-19(18-14-2-1-3-15(14)23-24-18)22-13-8-12(9-13)16-10-17(21-11-20-16)25-4-6-27-7-5-25/h10-13H,1-9H2,(H,22,26)(H,23,24). The zero-order valence-electron chi connectivity index (χ0n) is 15.3. The first-order valence-corrected chi connectivity index (χ1v) is 9.79. The van der Waals surface area contributed by atoms with E-state index in [1.54, 1.807) is 6.33 Å². The lowest BCUT2D eigenvalue weighted by atomic mass is 9.78. The molecule has 0 bridgehead atoms. The van der Waals surface area contributed by atoms with E-state index < -0.39 is 0 Å². The van der Waals surface area contributed by atoms with Crippen molar-refractivity contribution in [2.24, 2.45) is 0 Å². The van der Waals surface area contributed by atoms with E-state index in [0.717, 1.165) is 81.2 Å². The summed E-state index contributed by atoms with van der Waals surface area (Å²) in [7, 11) is 0. The van der Waals surface area contributed by atoms with Crippen LogP contribution in [-0.4, -0.2) is 58.4 Å². The van der Waals surface area contributed by atoms with Crippen LogP contribution >= 0.6 is 0 Å². The maximum absolute atomic E-state index is 12.5. The number of nitrogens with one attached hydrogen (secondary N) is 2. The average Bonchev–Trinajstić information content (AvgIpc) is 3.28. The summed E-state index contributed by atoms with van der Waals surface area (Å²) in [4.78, 5) is 23.7. The van der Waals surface area contributed by atoms with Gasteiger partial charge in [-0.3, -0.25) is 9.89 Å². The molecule has 1 saturated heterocycles. The number of H-pyrrole nitrogens is 1. The average molecular weight is 368 g/mol. The Kier molecular flexibility index (Phi) is 4.27. The van der Waals surface area contributed by atoms with Crippen LogP contribution in [0.5, 0.6) is 0 Å². The summed E-state index contributed by atoms with van der Waals surface area (Å²) in [5.41, 5.74) is 3.89. The number of anilines is 1. The van der Waals surface area contributed by atoms with Crippen LogP contribution in [0.2, 0.25) is 0 Å². The SMILES string of the molecule is O=C(NC1CC(c2cc(N3CCOCC3)ncn2)C1)c1n[nH]c2c1CCC2. The molecular weight excluding hydrogens is 344 g/mol. The van der Waals surface area contributed by atoms with Gasteiger partial charge in [-0.25, -0.2) is 9.97 Å². The third kappa shape index (κ3) is 3.18. The molecule has 0 unspecified atom stereocenters. The monoisotopic (exact) mass is 368 g/mol. The number of aryl methyl sites for hydroxylation is 1. The minimum absolute atomic E-state index is 0.0467. The highest BCUT2D eigenvalue weighted by molar-refractivity contribution is 5.94. The molecule has 3 aliphatic rings. The van der Waals surface area contributed by atoms with E-state index in [4.69, 9.17) is 4.74 Å². The zero-order chi connectivity index (χ0) is 18.2. The molecule has 142 valence electrons. The smallest absolute Gasteiger partial charge is 0.272 e. The molecule has 0 atom stereocenters. The molecule has 1 aliphatic heterocycles. The largest absolute Gasteiger partial charge is 0.378 e. The number of amides is 1. The van der Waals surface area contributed by atoms with Gasteiger partial charge in [-0.2, -0.15) is 5.10 Å². The van der Waals surface area contributed by atoms with Crippen LogP contribution in [0.25, 0.3) is 0 Å². The van der Waals surface area contributed by atoms with Gasteiger partial charge in [0.25, 0.3) is 5.91 Å². The third-order valence-corrected chi connectivity index (χ3v) is 5.92. The Bertz CT molecular complexity index is 838. The minimum atomic E-state index is -0.0467. The van der Waals surface area contributed by atoms with E-state index in [9.17, 15) is 4.79 Å². The second-order valence-corrected chi connectivity index (χ2v) is 7.62. The predicted octanol–water partition coefficient (Wildman–Crippen LogP) is 1.20. The van der Waals surface area contributed by atoms with Crippen molar-refractivity contribution < 1.29 is 9.53 Å². The number of rotatable bonds is 4. The Labute approximate surface area is 157 Å². The number of carbonyl (C=O) groups is 1. The molecule has 3 heterocycles. The van der Waals surface area contributed by atoms with Gasteiger partial charge >= 0.3 is 0 Å². The molecule has 2 N–H and O–H groups in total. The Morgan fingerprint density at radius 2 is 2.07 bits per heavy atom. The van der Waals surface area contributed by atoms with Crippen LogP contribution < -0.4 is 10.2 Å². The van der Waals surface area contributed by atoms with Gasteiger partial charge in [0.1, 0.15) is 12.1 Å². The van der Waals surface area contributed by atoms with Gasteiger partial charge < -0.3 is 15.0 Å². The molecule has 0 radical (unpaired) electrons. The molecular formula is C19H24N6O2. The summed E-state index contributed by atoms with van der Waals surface area (Å²) in [6.07, 6.45) is 6.54. The van der Waals surface area contributed by atoms with Crippen LogP contribution in [0.1, 0.15) is 52.6 Å². The minimum Gasteiger partial charge on any atom is -0.378 e. The number of carbonyl (C=O) groups excluding carboxylic acids is 1. The molecule has 0 aromatic carbocycles. The fraction of sp³-hybridized carbons (Fsp3) is 0.579. The number of nitrogens with zero attached hydrogens (tertiary/aromatic N) is 4. The van der Waals surface area contributed by atoms with Gasteiger partial charge in [0.15, 0.2) is 5.69 Å². The maximum Gasteiger partial charge on any atom is 0.272 e. The molecule has 1 saturated carbocycles. The normalized spacial score (nSPS) is 24.4. The van der Waals surface area contributed by atoms with Gasteiger partial charge in [-0.15, -0.1) is 0 Å². The third-order valence-electron chi connectivity index (χ3n) is 5.92. The quantitative estimate of drug-likeness (QED) is 0.842. The zero-order valence-corrected chi connectivity index (χ0v) is 15.3. The summed E-state index contributed by atoms with van der Waals surface area (Å²) in [5, 5.41) is 10.4. The number of morpholine rings is 1. The van der Waals surface area contributed by atoms with Crippen LogP contribution in [0.15, 0.2) is 12.4 Å². The van der Waals surface area contributed by atoms with Gasteiger partial charge in [-0.05, 0) is 32.1 Å². The van der Waals surface area contributed by atoms with E-state index in [0.29, 0.717) is 11.6 Å². The Morgan fingerprint density at radius 3 is 2.93 bits per heavy atom. The lowest BCUT2D eigenvalue weighted by Gasteiger charge is -2.36. The topological polar surface area (TPSA) is 96.0 Å². The van der Waals surface area contributed by atoms with E-state index >= 15 is 0 Å². The van der Waals surface area contributed by atoms with Crippen LogP contribution in [0.4, 0.5) is 5.82 Å². The maximum atomic E-state index is 12.5. The van der Waals surface area contributed by atoms with Crippen molar-refractivity contribution in [3.05, 3.63) is 35.0 Å². The Morgan fingerprint density at radius 1 is 1.22 bits per heavy atom. The van der Waals surface area contributed by atoms with E-state index in [-0.39, 0.29) is 11.9 Å². The molecule has 8 heteroatoms. The van der Waals surface area contributed by atoms with Crippen molar-refractivity contribution in [1.82, 2.24) is 25.5 Å². The van der Waals surface area contributed by atoms with Crippen molar-refractivity contribution >= 4 is 11.7 Å².